The van der Waals surface area contributed by atoms with E-state index in [9.17, 15) is 4.79 Å². The predicted molar refractivity (Wildman–Crippen MR) is 151 cm³/mol. The van der Waals surface area contributed by atoms with E-state index in [1.54, 1.807) is 0 Å². The summed E-state index contributed by atoms with van der Waals surface area (Å²) >= 11 is 2.23. The third kappa shape index (κ3) is 4.83. The Balaban J connectivity index is 1.23. The number of amides is 1. The molecule has 2 atom stereocenters. The molecular formula is C27H34IN7O3. The molecule has 202 valence electrons. The van der Waals surface area contributed by atoms with Gasteiger partial charge < -0.3 is 19.7 Å². The number of anilines is 1. The van der Waals surface area contributed by atoms with Gasteiger partial charge >= 0.3 is 6.09 Å². The Hall–Kier alpha value is -2.54. The van der Waals surface area contributed by atoms with E-state index in [1.807, 2.05) is 44.0 Å². The molecule has 1 spiro atoms. The molecule has 3 aromatic heterocycles. The number of carbonyl (C=O) groups excluding carboxylic acids is 1. The predicted octanol–water partition coefficient (Wildman–Crippen LogP) is 4.93. The molecule has 2 saturated heterocycles. The third-order valence-corrected chi connectivity index (χ3v) is 8.66. The number of hydrogen-bond donors (Lipinski definition) is 1. The van der Waals surface area contributed by atoms with Crippen LogP contribution in [-0.2, 0) is 15.9 Å². The van der Waals surface area contributed by atoms with E-state index in [0.717, 1.165) is 84.5 Å². The summed E-state index contributed by atoms with van der Waals surface area (Å²) in [4.78, 5) is 29.3. The van der Waals surface area contributed by atoms with Gasteiger partial charge in [0.2, 0.25) is 0 Å². The maximum Gasteiger partial charge on any atom is 0.408 e. The van der Waals surface area contributed by atoms with Crippen molar-refractivity contribution in [2.24, 2.45) is 5.41 Å². The molecule has 38 heavy (non-hydrogen) atoms. The SMILES string of the molecule is CC(C)(C)OC(=O)N[C@@H]1c2cnccc2CC12CCN(c1cnc3c(I)nn(C4CCCCO4)c3n1)CC2. The Morgan fingerprint density at radius 1 is 1.24 bits per heavy atom. The lowest BCUT2D eigenvalue weighted by Crippen LogP contribution is -2.48. The van der Waals surface area contributed by atoms with Crippen molar-refractivity contribution in [2.75, 3.05) is 24.6 Å². The van der Waals surface area contributed by atoms with Crippen LogP contribution in [0.5, 0.6) is 0 Å². The standard InChI is InChI=1S/C27H34IN7O3/c1-26(2,3)38-25(36)32-22-18-15-29-10-7-17(18)14-27(22)8-11-34(12-9-27)19-16-30-21-23(28)33-35(24(21)31-19)20-6-4-5-13-37-20/h7,10,15-16,20,22H,4-6,8-9,11-14H2,1-3H3,(H,32,36)/t20?,22-/m1/s1. The van der Waals surface area contributed by atoms with E-state index in [-0.39, 0.29) is 23.8 Å². The summed E-state index contributed by atoms with van der Waals surface area (Å²) in [6, 6.07) is 1.94. The molecule has 1 aliphatic carbocycles. The first-order valence-electron chi connectivity index (χ1n) is 13.4. The zero-order valence-corrected chi connectivity index (χ0v) is 24.3. The van der Waals surface area contributed by atoms with Crippen molar-refractivity contribution in [3.63, 3.8) is 0 Å². The molecule has 2 aliphatic heterocycles. The Morgan fingerprint density at radius 2 is 2.05 bits per heavy atom. The van der Waals surface area contributed by atoms with Gasteiger partial charge in [0.25, 0.3) is 0 Å². The average Bonchev–Trinajstić information content (AvgIpc) is 3.38. The van der Waals surface area contributed by atoms with Crippen LogP contribution in [0.15, 0.2) is 24.7 Å². The minimum atomic E-state index is -0.554. The molecule has 0 aromatic carbocycles. The van der Waals surface area contributed by atoms with Crippen LogP contribution < -0.4 is 10.2 Å². The van der Waals surface area contributed by atoms with Gasteiger partial charge in [-0.1, -0.05) is 0 Å². The first-order chi connectivity index (χ1) is 18.2. The lowest BCUT2D eigenvalue weighted by atomic mass is 9.73. The van der Waals surface area contributed by atoms with Crippen molar-refractivity contribution in [3.05, 3.63) is 39.5 Å². The number of hydrogen-bond acceptors (Lipinski definition) is 8. The lowest BCUT2D eigenvalue weighted by molar-refractivity contribution is -0.0372. The number of nitrogens with zero attached hydrogens (tertiary/aromatic N) is 6. The summed E-state index contributed by atoms with van der Waals surface area (Å²) in [6.45, 7) is 8.04. The summed E-state index contributed by atoms with van der Waals surface area (Å²) < 4.78 is 14.4. The van der Waals surface area contributed by atoms with Crippen LogP contribution in [0.3, 0.4) is 0 Å². The smallest absolute Gasteiger partial charge is 0.408 e. The van der Waals surface area contributed by atoms with Crippen LogP contribution in [0.2, 0.25) is 0 Å². The quantitative estimate of drug-likeness (QED) is 0.406. The molecule has 6 rings (SSSR count). The van der Waals surface area contributed by atoms with Crippen LogP contribution in [0.25, 0.3) is 11.2 Å². The highest BCUT2D eigenvalue weighted by atomic mass is 127. The zero-order chi connectivity index (χ0) is 26.5. The van der Waals surface area contributed by atoms with E-state index >= 15 is 0 Å². The first kappa shape index (κ1) is 25.7. The van der Waals surface area contributed by atoms with Gasteiger partial charge in [0, 0.05) is 37.5 Å². The Kier molecular flexibility index (Phi) is 6.69. The molecular weight excluding hydrogens is 597 g/mol. The molecule has 2 fully saturated rings. The molecule has 10 nitrogen and oxygen atoms in total. The monoisotopic (exact) mass is 631 g/mol. The third-order valence-electron chi connectivity index (χ3n) is 7.93. The average molecular weight is 632 g/mol. The molecule has 1 amide bonds. The molecule has 11 heteroatoms. The highest BCUT2D eigenvalue weighted by molar-refractivity contribution is 14.1. The van der Waals surface area contributed by atoms with Crippen LogP contribution in [0.1, 0.15) is 76.3 Å². The molecule has 0 bridgehead atoms. The van der Waals surface area contributed by atoms with Crippen LogP contribution in [-0.4, -0.2) is 56.1 Å². The number of nitrogens with one attached hydrogen (secondary N) is 1. The second kappa shape index (κ2) is 9.89. The molecule has 1 N–H and O–H groups in total. The second-order valence-electron chi connectivity index (χ2n) is 11.6. The van der Waals surface area contributed by atoms with Gasteiger partial charge in [0.15, 0.2) is 15.6 Å². The number of rotatable bonds is 3. The van der Waals surface area contributed by atoms with Gasteiger partial charge in [0.05, 0.1) is 12.2 Å². The fourth-order valence-corrected chi connectivity index (χ4v) is 6.72. The van der Waals surface area contributed by atoms with Crippen molar-refractivity contribution in [1.82, 2.24) is 30.0 Å². The van der Waals surface area contributed by atoms with Crippen LogP contribution in [0, 0.1) is 9.12 Å². The largest absolute Gasteiger partial charge is 0.444 e. The Morgan fingerprint density at radius 3 is 2.79 bits per heavy atom. The maximum atomic E-state index is 12.8. The van der Waals surface area contributed by atoms with Gasteiger partial charge in [-0.3, -0.25) is 4.98 Å². The van der Waals surface area contributed by atoms with E-state index in [4.69, 9.17) is 24.5 Å². The maximum absolute atomic E-state index is 12.8. The summed E-state index contributed by atoms with van der Waals surface area (Å²) in [6.07, 6.45) is 11.0. The van der Waals surface area contributed by atoms with Crippen molar-refractivity contribution < 1.29 is 14.3 Å². The number of ether oxygens (including phenoxy) is 2. The summed E-state index contributed by atoms with van der Waals surface area (Å²) in [5.74, 6) is 0.856. The molecule has 3 aromatic rings. The Labute approximate surface area is 236 Å². The van der Waals surface area contributed by atoms with Crippen LogP contribution >= 0.6 is 22.6 Å². The summed E-state index contributed by atoms with van der Waals surface area (Å²) in [5, 5.41) is 7.92. The van der Waals surface area contributed by atoms with Crippen molar-refractivity contribution in [3.8, 4) is 0 Å². The van der Waals surface area contributed by atoms with E-state index in [1.165, 1.54) is 5.56 Å². The summed E-state index contributed by atoms with van der Waals surface area (Å²) in [5.41, 5.74) is 3.30. The molecule has 0 saturated carbocycles. The second-order valence-corrected chi connectivity index (χ2v) is 12.7. The highest BCUT2D eigenvalue weighted by Crippen LogP contribution is 2.52. The van der Waals surface area contributed by atoms with Gasteiger partial charge in [-0.2, -0.15) is 5.10 Å². The molecule has 1 unspecified atom stereocenters. The normalized spacial score (nSPS) is 23.0. The van der Waals surface area contributed by atoms with Crippen molar-refractivity contribution >= 4 is 45.7 Å². The fraction of sp³-hybridized carbons (Fsp3) is 0.593. The minimum absolute atomic E-state index is 0.0887. The van der Waals surface area contributed by atoms with E-state index in [0.29, 0.717) is 0 Å². The van der Waals surface area contributed by atoms with Gasteiger partial charge in [-0.05, 0) is 99.1 Å². The topological polar surface area (TPSA) is 107 Å². The molecule has 3 aliphatic rings. The molecule has 0 radical (unpaired) electrons. The van der Waals surface area contributed by atoms with Gasteiger partial charge in [-0.15, -0.1) is 0 Å². The minimum Gasteiger partial charge on any atom is -0.444 e. The van der Waals surface area contributed by atoms with Crippen LogP contribution in [0.4, 0.5) is 10.6 Å². The number of piperidine rings is 1. The first-order valence-corrected chi connectivity index (χ1v) is 14.5. The number of pyridine rings is 1. The van der Waals surface area contributed by atoms with Gasteiger partial charge in [-0.25, -0.2) is 19.4 Å². The van der Waals surface area contributed by atoms with Gasteiger partial charge in [0.1, 0.15) is 16.9 Å². The number of carbonyl (C=O) groups is 1. The fourth-order valence-electron chi connectivity index (χ4n) is 6.11. The number of halogens is 1. The zero-order valence-electron chi connectivity index (χ0n) is 22.1. The number of alkyl carbamates (subject to hydrolysis) is 1. The lowest BCUT2D eigenvalue weighted by Gasteiger charge is -2.43. The highest BCUT2D eigenvalue weighted by Gasteiger charge is 2.49. The van der Waals surface area contributed by atoms with Crippen molar-refractivity contribution in [2.45, 2.75) is 77.2 Å². The van der Waals surface area contributed by atoms with E-state index in [2.05, 4.69) is 43.9 Å². The number of fused-ring (bicyclic) bond motifs is 2. The molecule has 5 heterocycles. The number of aromatic nitrogens is 5. The van der Waals surface area contributed by atoms with Crippen molar-refractivity contribution in [1.29, 1.82) is 0 Å². The summed E-state index contributed by atoms with van der Waals surface area (Å²) in [7, 11) is 0. The van der Waals surface area contributed by atoms with E-state index < -0.39 is 5.60 Å². The Bertz CT molecular complexity index is 1340.